The van der Waals surface area contributed by atoms with Crippen molar-refractivity contribution in [3.8, 4) is 0 Å². The molecule has 66 valence electrons. The Bertz CT molecular complexity index is 104. The summed E-state index contributed by atoms with van der Waals surface area (Å²) >= 11 is 0. The molecule has 0 aliphatic heterocycles. The van der Waals surface area contributed by atoms with E-state index in [0.717, 1.165) is 6.42 Å². The van der Waals surface area contributed by atoms with Crippen LogP contribution >= 0.6 is 0 Å². The van der Waals surface area contributed by atoms with E-state index in [1.807, 2.05) is 6.92 Å². The molecule has 3 heteroatoms. The lowest BCUT2D eigenvalue weighted by Crippen LogP contribution is -2.35. The average molecular weight is 163 g/mol. The Kier molecular flexibility index (Phi) is 6.03. The van der Waals surface area contributed by atoms with Crippen molar-refractivity contribution in [2.24, 2.45) is 0 Å². The van der Waals surface area contributed by atoms with E-state index in [-0.39, 0.29) is 0 Å². The Morgan fingerprint density at radius 1 is 1.55 bits per heavy atom. The van der Waals surface area contributed by atoms with Crippen molar-refractivity contribution in [2.75, 3.05) is 6.54 Å². The van der Waals surface area contributed by atoms with Crippen LogP contribution in [0.1, 0.15) is 19.8 Å². The summed E-state index contributed by atoms with van der Waals surface area (Å²) in [7, 11) is 0. The van der Waals surface area contributed by atoms with Gasteiger partial charge >= 0.3 is 0 Å². The molecule has 1 unspecified atom stereocenters. The van der Waals surface area contributed by atoms with Gasteiger partial charge < -0.3 is 5.32 Å². The molecule has 1 atom stereocenters. The highest BCUT2D eigenvalue weighted by molar-refractivity contribution is 4.79. The standard InChI is InChI=1S/C8H15F2N/c1-3-5-7(8(9)10)11-6-4-2/h3,7-8,11H,1,4-6H2,2H3. The fourth-order valence-corrected chi connectivity index (χ4v) is 0.785. The number of halogens is 2. The molecule has 0 saturated heterocycles. The van der Waals surface area contributed by atoms with Crippen LogP contribution in [0, 0.1) is 0 Å². The third kappa shape index (κ3) is 4.90. The van der Waals surface area contributed by atoms with Gasteiger partial charge in [0.15, 0.2) is 0 Å². The summed E-state index contributed by atoms with van der Waals surface area (Å²) in [5.41, 5.74) is 0. The zero-order valence-corrected chi connectivity index (χ0v) is 6.82. The van der Waals surface area contributed by atoms with Crippen LogP contribution in [-0.4, -0.2) is 19.0 Å². The fourth-order valence-electron chi connectivity index (χ4n) is 0.785. The first-order valence-electron chi connectivity index (χ1n) is 3.84. The second-order valence-electron chi connectivity index (χ2n) is 2.42. The summed E-state index contributed by atoms with van der Waals surface area (Å²) in [6.07, 6.45) is 0.428. The molecule has 0 spiro atoms. The maximum Gasteiger partial charge on any atom is 0.253 e. The molecule has 0 aromatic rings. The SMILES string of the molecule is C=CCC(NCCC)C(F)F. The molecule has 0 rings (SSSR count). The van der Waals surface area contributed by atoms with Crippen LogP contribution in [-0.2, 0) is 0 Å². The van der Waals surface area contributed by atoms with Gasteiger partial charge in [0.05, 0.1) is 6.04 Å². The van der Waals surface area contributed by atoms with Gasteiger partial charge in [-0.3, -0.25) is 0 Å². The van der Waals surface area contributed by atoms with Crippen molar-refractivity contribution in [2.45, 2.75) is 32.2 Å². The van der Waals surface area contributed by atoms with Crippen LogP contribution < -0.4 is 5.32 Å². The van der Waals surface area contributed by atoms with Crippen molar-refractivity contribution in [1.82, 2.24) is 5.32 Å². The first kappa shape index (κ1) is 10.6. The van der Waals surface area contributed by atoms with E-state index in [4.69, 9.17) is 0 Å². The molecular weight excluding hydrogens is 148 g/mol. The van der Waals surface area contributed by atoms with Crippen LogP contribution in [0.2, 0.25) is 0 Å². The Hall–Kier alpha value is -0.440. The lowest BCUT2D eigenvalue weighted by atomic mass is 10.2. The van der Waals surface area contributed by atoms with Gasteiger partial charge in [-0.15, -0.1) is 6.58 Å². The van der Waals surface area contributed by atoms with Crippen molar-refractivity contribution in [1.29, 1.82) is 0 Å². The normalized spacial score (nSPS) is 13.5. The van der Waals surface area contributed by atoms with Crippen molar-refractivity contribution in [3.05, 3.63) is 12.7 Å². The van der Waals surface area contributed by atoms with Gasteiger partial charge in [-0.2, -0.15) is 0 Å². The molecule has 0 aliphatic carbocycles. The molecule has 11 heavy (non-hydrogen) atoms. The maximum absolute atomic E-state index is 12.1. The predicted octanol–water partition coefficient (Wildman–Crippen LogP) is 2.20. The predicted molar refractivity (Wildman–Crippen MR) is 42.9 cm³/mol. The molecule has 1 N–H and O–H groups in total. The third-order valence-electron chi connectivity index (χ3n) is 1.38. The minimum Gasteiger partial charge on any atom is -0.309 e. The highest BCUT2D eigenvalue weighted by Gasteiger charge is 2.16. The summed E-state index contributed by atoms with van der Waals surface area (Å²) in [6.45, 7) is 6.01. The number of rotatable bonds is 6. The second kappa shape index (κ2) is 6.28. The molecule has 0 amide bonds. The monoisotopic (exact) mass is 163 g/mol. The quantitative estimate of drug-likeness (QED) is 0.592. The highest BCUT2D eigenvalue weighted by atomic mass is 19.3. The minimum atomic E-state index is -2.29. The van der Waals surface area contributed by atoms with Gasteiger partial charge in [0.25, 0.3) is 6.43 Å². The van der Waals surface area contributed by atoms with Crippen LogP contribution in [0.15, 0.2) is 12.7 Å². The molecule has 0 saturated carbocycles. The summed E-state index contributed by atoms with van der Waals surface area (Å²) in [5.74, 6) is 0. The van der Waals surface area contributed by atoms with E-state index in [1.54, 1.807) is 0 Å². The molecule has 0 aromatic heterocycles. The van der Waals surface area contributed by atoms with Gasteiger partial charge in [-0.25, -0.2) is 8.78 Å². The van der Waals surface area contributed by atoms with Crippen molar-refractivity contribution in [3.63, 3.8) is 0 Å². The fraction of sp³-hybridized carbons (Fsp3) is 0.750. The smallest absolute Gasteiger partial charge is 0.253 e. The van der Waals surface area contributed by atoms with E-state index < -0.39 is 12.5 Å². The Labute approximate surface area is 66.5 Å². The first-order valence-corrected chi connectivity index (χ1v) is 3.84. The molecule has 0 fully saturated rings. The van der Waals surface area contributed by atoms with Gasteiger partial charge in [0.1, 0.15) is 0 Å². The first-order chi connectivity index (χ1) is 5.22. The molecule has 1 nitrogen and oxygen atoms in total. The van der Waals surface area contributed by atoms with Crippen molar-refractivity contribution >= 4 is 0 Å². The van der Waals surface area contributed by atoms with E-state index in [2.05, 4.69) is 11.9 Å². The van der Waals surface area contributed by atoms with Gasteiger partial charge in [0.2, 0.25) is 0 Å². The van der Waals surface area contributed by atoms with Crippen molar-refractivity contribution < 1.29 is 8.78 Å². The van der Waals surface area contributed by atoms with Gasteiger partial charge in [0, 0.05) is 0 Å². The van der Waals surface area contributed by atoms with E-state index in [0.29, 0.717) is 13.0 Å². The summed E-state index contributed by atoms with van der Waals surface area (Å²) < 4.78 is 24.2. The number of nitrogens with one attached hydrogen (secondary N) is 1. The van der Waals surface area contributed by atoms with Crippen LogP contribution in [0.25, 0.3) is 0 Å². The molecule has 0 aromatic carbocycles. The zero-order chi connectivity index (χ0) is 8.69. The Morgan fingerprint density at radius 3 is 2.55 bits per heavy atom. The maximum atomic E-state index is 12.1. The Balaban J connectivity index is 3.59. The largest absolute Gasteiger partial charge is 0.309 e. The number of hydrogen-bond acceptors (Lipinski definition) is 1. The second-order valence-corrected chi connectivity index (χ2v) is 2.42. The zero-order valence-electron chi connectivity index (χ0n) is 6.82. The topological polar surface area (TPSA) is 12.0 Å². The number of hydrogen-bond donors (Lipinski definition) is 1. The average Bonchev–Trinajstić information content (AvgIpc) is 1.97. The van der Waals surface area contributed by atoms with Crippen LogP contribution in [0.3, 0.4) is 0 Å². The van der Waals surface area contributed by atoms with Gasteiger partial charge in [-0.1, -0.05) is 13.0 Å². The Morgan fingerprint density at radius 2 is 2.18 bits per heavy atom. The summed E-state index contributed by atoms with van der Waals surface area (Å²) in [5, 5.41) is 2.75. The summed E-state index contributed by atoms with van der Waals surface area (Å²) in [6, 6.07) is -0.715. The molecule has 0 bridgehead atoms. The molecule has 0 heterocycles. The number of alkyl halides is 2. The van der Waals surface area contributed by atoms with E-state index >= 15 is 0 Å². The lowest BCUT2D eigenvalue weighted by Gasteiger charge is -2.14. The minimum absolute atomic E-state index is 0.331. The van der Waals surface area contributed by atoms with Gasteiger partial charge in [-0.05, 0) is 19.4 Å². The van der Waals surface area contributed by atoms with Crippen LogP contribution in [0.4, 0.5) is 8.78 Å². The van der Waals surface area contributed by atoms with E-state index in [1.165, 1.54) is 6.08 Å². The molecule has 0 aliphatic rings. The van der Waals surface area contributed by atoms with Crippen LogP contribution in [0.5, 0.6) is 0 Å². The van der Waals surface area contributed by atoms with E-state index in [9.17, 15) is 8.78 Å². The molecular formula is C8H15F2N. The molecule has 0 radical (unpaired) electrons. The highest BCUT2D eigenvalue weighted by Crippen LogP contribution is 2.05. The third-order valence-corrected chi connectivity index (χ3v) is 1.38. The lowest BCUT2D eigenvalue weighted by molar-refractivity contribution is 0.0995. The summed E-state index contributed by atoms with van der Waals surface area (Å²) in [4.78, 5) is 0.